The number of aryl methyl sites for hydroxylation is 2. The molecule has 1 aromatic rings. The van der Waals surface area contributed by atoms with Gasteiger partial charge >= 0.3 is 0 Å². The molecule has 0 atom stereocenters. The second kappa shape index (κ2) is 3.88. The summed E-state index contributed by atoms with van der Waals surface area (Å²) >= 11 is 0. The Balaban J connectivity index is 1.85. The van der Waals surface area contributed by atoms with E-state index in [1.807, 2.05) is 0 Å². The first-order valence-corrected chi connectivity index (χ1v) is 6.30. The molecular formula is C14H19N. The molecule has 1 heterocycles. The van der Waals surface area contributed by atoms with Gasteiger partial charge in [-0.3, -0.25) is 0 Å². The quantitative estimate of drug-likeness (QED) is 0.674. The number of anilines is 1. The van der Waals surface area contributed by atoms with E-state index in [0.717, 1.165) is 0 Å². The van der Waals surface area contributed by atoms with E-state index in [4.69, 9.17) is 0 Å². The summed E-state index contributed by atoms with van der Waals surface area (Å²) in [6.45, 7) is 2.53. The summed E-state index contributed by atoms with van der Waals surface area (Å²) in [6, 6.07) is 7.12. The van der Waals surface area contributed by atoms with Gasteiger partial charge in [-0.05, 0) is 61.8 Å². The largest absolute Gasteiger partial charge is 0.372 e. The molecule has 1 nitrogen and oxygen atoms in total. The van der Waals surface area contributed by atoms with Crippen LogP contribution < -0.4 is 4.90 Å². The number of benzene rings is 1. The summed E-state index contributed by atoms with van der Waals surface area (Å²) in [5, 5.41) is 0. The third-order valence-electron chi connectivity index (χ3n) is 3.80. The van der Waals surface area contributed by atoms with Crippen molar-refractivity contribution in [3.63, 3.8) is 0 Å². The van der Waals surface area contributed by atoms with E-state index in [0.29, 0.717) is 0 Å². The second-order valence-corrected chi connectivity index (χ2v) is 4.85. The van der Waals surface area contributed by atoms with Gasteiger partial charge in [-0.2, -0.15) is 0 Å². The molecule has 15 heavy (non-hydrogen) atoms. The fourth-order valence-corrected chi connectivity index (χ4v) is 2.91. The fraction of sp³-hybridized carbons (Fsp3) is 0.571. The van der Waals surface area contributed by atoms with Crippen LogP contribution in [-0.4, -0.2) is 13.1 Å². The van der Waals surface area contributed by atoms with Crippen molar-refractivity contribution in [2.75, 3.05) is 18.0 Å². The highest BCUT2D eigenvalue weighted by Gasteiger charge is 2.15. The van der Waals surface area contributed by atoms with Crippen LogP contribution in [0.15, 0.2) is 18.2 Å². The van der Waals surface area contributed by atoms with E-state index in [9.17, 15) is 0 Å². The van der Waals surface area contributed by atoms with Crippen LogP contribution in [0.3, 0.4) is 0 Å². The number of hydrogen-bond acceptors (Lipinski definition) is 1. The summed E-state index contributed by atoms with van der Waals surface area (Å²) in [5.74, 6) is 0. The lowest BCUT2D eigenvalue weighted by Gasteiger charge is -2.29. The fourth-order valence-electron chi connectivity index (χ4n) is 2.91. The Bertz CT molecular complexity index is 350. The van der Waals surface area contributed by atoms with Crippen LogP contribution in [-0.2, 0) is 12.8 Å². The van der Waals surface area contributed by atoms with E-state index in [2.05, 4.69) is 23.1 Å². The van der Waals surface area contributed by atoms with Gasteiger partial charge in [0.1, 0.15) is 0 Å². The minimum atomic E-state index is 1.26. The molecule has 80 valence electrons. The zero-order chi connectivity index (χ0) is 10.1. The van der Waals surface area contributed by atoms with Crippen molar-refractivity contribution in [2.24, 2.45) is 0 Å². The van der Waals surface area contributed by atoms with Crippen LogP contribution in [0.5, 0.6) is 0 Å². The average Bonchev–Trinajstić information content (AvgIpc) is 2.77. The number of fused-ring (bicyclic) bond motifs is 1. The third-order valence-corrected chi connectivity index (χ3v) is 3.80. The maximum atomic E-state index is 2.56. The molecule has 1 aliphatic heterocycles. The molecule has 0 N–H and O–H groups in total. The molecule has 0 unspecified atom stereocenters. The van der Waals surface area contributed by atoms with E-state index < -0.39 is 0 Å². The standard InChI is InChI=1S/C14H19N/c1-2-9-15(10-3-1)14-8-7-12-5-4-6-13(12)11-14/h7-8,11H,1-6,9-10H2. The lowest BCUT2D eigenvalue weighted by molar-refractivity contribution is 0.578. The molecule has 1 saturated heterocycles. The van der Waals surface area contributed by atoms with Crippen molar-refractivity contribution in [2.45, 2.75) is 38.5 Å². The lowest BCUT2D eigenvalue weighted by atomic mass is 10.1. The molecule has 1 aromatic carbocycles. The molecule has 0 spiro atoms. The summed E-state index contributed by atoms with van der Waals surface area (Å²) in [6.07, 6.45) is 8.13. The Hall–Kier alpha value is -0.980. The Morgan fingerprint density at radius 2 is 1.60 bits per heavy atom. The van der Waals surface area contributed by atoms with Crippen molar-refractivity contribution in [3.05, 3.63) is 29.3 Å². The monoisotopic (exact) mass is 201 g/mol. The highest BCUT2D eigenvalue weighted by atomic mass is 15.1. The van der Waals surface area contributed by atoms with Gasteiger partial charge in [0.2, 0.25) is 0 Å². The molecule has 0 aromatic heterocycles. The first-order valence-electron chi connectivity index (χ1n) is 6.30. The van der Waals surface area contributed by atoms with E-state index in [-0.39, 0.29) is 0 Å². The molecule has 0 amide bonds. The first-order chi connectivity index (χ1) is 7.43. The van der Waals surface area contributed by atoms with Crippen LogP contribution in [0.25, 0.3) is 0 Å². The van der Waals surface area contributed by atoms with Crippen molar-refractivity contribution < 1.29 is 0 Å². The molecular weight excluding hydrogens is 182 g/mol. The van der Waals surface area contributed by atoms with Gasteiger partial charge in [-0.15, -0.1) is 0 Å². The van der Waals surface area contributed by atoms with E-state index in [1.165, 1.54) is 57.3 Å². The third kappa shape index (κ3) is 1.75. The summed E-state index contributed by atoms with van der Waals surface area (Å²) in [7, 11) is 0. The SMILES string of the molecule is c1cc2c(cc1N1CCCCC1)CCC2. The molecule has 0 radical (unpaired) electrons. The van der Waals surface area contributed by atoms with Gasteiger partial charge in [0.15, 0.2) is 0 Å². The number of rotatable bonds is 1. The number of piperidine rings is 1. The Morgan fingerprint density at radius 3 is 2.47 bits per heavy atom. The van der Waals surface area contributed by atoms with Crippen LogP contribution in [0.2, 0.25) is 0 Å². The topological polar surface area (TPSA) is 3.24 Å². The van der Waals surface area contributed by atoms with Crippen molar-refractivity contribution in [1.29, 1.82) is 0 Å². The summed E-state index contributed by atoms with van der Waals surface area (Å²) in [4.78, 5) is 2.56. The van der Waals surface area contributed by atoms with Gasteiger partial charge in [-0.1, -0.05) is 6.07 Å². The predicted molar refractivity (Wildman–Crippen MR) is 64.5 cm³/mol. The molecule has 3 rings (SSSR count). The maximum Gasteiger partial charge on any atom is 0.0369 e. The van der Waals surface area contributed by atoms with Gasteiger partial charge in [-0.25, -0.2) is 0 Å². The van der Waals surface area contributed by atoms with Crippen molar-refractivity contribution >= 4 is 5.69 Å². The van der Waals surface area contributed by atoms with Crippen LogP contribution >= 0.6 is 0 Å². The number of hydrogen-bond donors (Lipinski definition) is 0. The van der Waals surface area contributed by atoms with Gasteiger partial charge < -0.3 is 4.90 Å². The summed E-state index contributed by atoms with van der Waals surface area (Å²) in [5.41, 5.74) is 4.67. The van der Waals surface area contributed by atoms with Crippen LogP contribution in [0.4, 0.5) is 5.69 Å². The van der Waals surface area contributed by atoms with Crippen molar-refractivity contribution in [1.82, 2.24) is 0 Å². The Morgan fingerprint density at radius 1 is 0.800 bits per heavy atom. The lowest BCUT2D eigenvalue weighted by Crippen LogP contribution is -2.29. The van der Waals surface area contributed by atoms with Crippen LogP contribution in [0, 0.1) is 0 Å². The molecule has 1 fully saturated rings. The normalized spacial score (nSPS) is 20.4. The van der Waals surface area contributed by atoms with Crippen molar-refractivity contribution in [3.8, 4) is 0 Å². The molecule has 0 bridgehead atoms. The Kier molecular flexibility index (Phi) is 2.40. The van der Waals surface area contributed by atoms with E-state index in [1.54, 1.807) is 11.1 Å². The zero-order valence-electron chi connectivity index (χ0n) is 9.34. The second-order valence-electron chi connectivity index (χ2n) is 4.85. The minimum absolute atomic E-state index is 1.26. The maximum absolute atomic E-state index is 2.56. The highest BCUT2D eigenvalue weighted by Crippen LogP contribution is 2.28. The highest BCUT2D eigenvalue weighted by molar-refractivity contribution is 5.52. The van der Waals surface area contributed by atoms with Gasteiger partial charge in [0, 0.05) is 18.8 Å². The zero-order valence-corrected chi connectivity index (χ0v) is 9.34. The Labute approximate surface area is 92.1 Å². The smallest absolute Gasteiger partial charge is 0.0369 e. The van der Waals surface area contributed by atoms with Crippen LogP contribution in [0.1, 0.15) is 36.8 Å². The average molecular weight is 201 g/mol. The first kappa shape index (κ1) is 9.26. The molecule has 1 heteroatoms. The van der Waals surface area contributed by atoms with Gasteiger partial charge in [0.05, 0.1) is 0 Å². The molecule has 0 saturated carbocycles. The van der Waals surface area contributed by atoms with E-state index >= 15 is 0 Å². The molecule has 1 aliphatic carbocycles. The molecule has 2 aliphatic rings. The summed E-state index contributed by atoms with van der Waals surface area (Å²) < 4.78 is 0. The predicted octanol–water partition coefficient (Wildman–Crippen LogP) is 3.17. The van der Waals surface area contributed by atoms with Gasteiger partial charge in [0.25, 0.3) is 0 Å². The minimum Gasteiger partial charge on any atom is -0.372 e. The number of nitrogens with zero attached hydrogens (tertiary/aromatic N) is 1.